The summed E-state index contributed by atoms with van der Waals surface area (Å²) in [5.74, 6) is 1.39. The van der Waals surface area contributed by atoms with Gasteiger partial charge in [-0.05, 0) is 61.4 Å². The van der Waals surface area contributed by atoms with E-state index in [1.165, 1.54) is 29.2 Å². The van der Waals surface area contributed by atoms with Crippen molar-refractivity contribution in [3.05, 3.63) is 113 Å². The summed E-state index contributed by atoms with van der Waals surface area (Å²) >= 11 is 13.4. The van der Waals surface area contributed by atoms with E-state index in [4.69, 9.17) is 46.9 Å². The summed E-state index contributed by atoms with van der Waals surface area (Å²) in [6.45, 7) is 4.79. The van der Waals surface area contributed by atoms with E-state index in [2.05, 4.69) is 4.99 Å². The smallest absolute Gasteiger partial charge is 0.337 e. The van der Waals surface area contributed by atoms with E-state index >= 15 is 0 Å². The second-order valence-corrected chi connectivity index (χ2v) is 11.5. The molecule has 9 nitrogen and oxygen atoms in total. The fourth-order valence-corrected chi connectivity index (χ4v) is 6.16. The maximum atomic E-state index is 14.1. The van der Waals surface area contributed by atoms with E-state index in [9.17, 15) is 9.59 Å². The molecule has 0 unspecified atom stereocenters. The highest BCUT2D eigenvalue weighted by atomic mass is 35.5. The van der Waals surface area contributed by atoms with Crippen molar-refractivity contribution in [2.75, 3.05) is 27.4 Å². The molecule has 0 bridgehead atoms. The number of aromatic nitrogens is 1. The Hall–Kier alpha value is -4.25. The van der Waals surface area contributed by atoms with Crippen LogP contribution < -0.4 is 33.8 Å². The van der Waals surface area contributed by atoms with Gasteiger partial charge in [-0.1, -0.05) is 58.8 Å². The number of hydrogen-bond acceptors (Lipinski definition) is 9. The quantitative estimate of drug-likeness (QED) is 0.189. The van der Waals surface area contributed by atoms with Gasteiger partial charge in [-0.15, -0.1) is 0 Å². The van der Waals surface area contributed by atoms with Crippen LogP contribution in [0.15, 0.2) is 76.2 Å². The van der Waals surface area contributed by atoms with Gasteiger partial charge in [0.1, 0.15) is 6.61 Å². The highest BCUT2D eigenvalue weighted by Crippen LogP contribution is 2.36. The van der Waals surface area contributed by atoms with E-state index in [1.807, 2.05) is 26.0 Å². The van der Waals surface area contributed by atoms with Crippen molar-refractivity contribution in [2.24, 2.45) is 4.99 Å². The van der Waals surface area contributed by atoms with E-state index in [-0.39, 0.29) is 17.7 Å². The number of thiazole rings is 1. The predicted molar refractivity (Wildman–Crippen MR) is 174 cm³/mol. The van der Waals surface area contributed by atoms with Crippen LogP contribution in [0.4, 0.5) is 0 Å². The normalized spacial score (nSPS) is 14.2. The molecule has 0 fully saturated rings. The van der Waals surface area contributed by atoms with Crippen LogP contribution in [0.3, 0.4) is 0 Å². The molecule has 45 heavy (non-hydrogen) atoms. The first-order valence-corrected chi connectivity index (χ1v) is 15.6. The van der Waals surface area contributed by atoms with Gasteiger partial charge >= 0.3 is 5.97 Å². The minimum atomic E-state index is -0.818. The largest absolute Gasteiger partial charge is 0.493 e. The zero-order chi connectivity index (χ0) is 32.1. The Bertz CT molecular complexity index is 1950. The Labute approximate surface area is 273 Å². The zero-order valence-corrected chi connectivity index (χ0v) is 27.3. The average molecular weight is 670 g/mol. The Balaban J connectivity index is 1.61. The van der Waals surface area contributed by atoms with Gasteiger partial charge < -0.3 is 23.7 Å². The topological polar surface area (TPSA) is 97.6 Å². The summed E-state index contributed by atoms with van der Waals surface area (Å²) in [6.07, 6.45) is 3.17. The van der Waals surface area contributed by atoms with Gasteiger partial charge in [0.25, 0.3) is 5.56 Å². The molecule has 0 saturated heterocycles. The molecular weight excluding hydrogens is 639 g/mol. The molecule has 2 heterocycles. The standard InChI is InChI=1S/C33H30Cl2N2O7S/c1-5-42-25-13-11-20(15-27(25)43-6-2)29-22(32(39)41-4)17-36-33-37(29)31(38)28(45-33)16-21-8-7-9-26(40-3)30(21)44-18-19-10-12-23(34)24(35)14-19/h7-17,29H,5-6,18H2,1-4H3/b28-16+/t29-/m0/s1. The summed E-state index contributed by atoms with van der Waals surface area (Å²) in [4.78, 5) is 31.9. The SMILES string of the molecule is CCOc1ccc([C@H]2C(C(=O)OC)=CN=c3s/c(=C/c4cccc(OC)c4OCc4ccc(Cl)c(Cl)c4)c(=O)n32)cc1OCC. The molecular formula is C33H30Cl2N2O7S. The summed E-state index contributed by atoms with van der Waals surface area (Å²) in [5, 5.41) is 0.864. The van der Waals surface area contributed by atoms with Gasteiger partial charge in [0.05, 0.1) is 53.6 Å². The lowest BCUT2D eigenvalue weighted by atomic mass is 9.97. The van der Waals surface area contributed by atoms with Crippen molar-refractivity contribution in [1.29, 1.82) is 0 Å². The molecule has 0 amide bonds. The number of ether oxygens (including phenoxy) is 5. The second-order valence-electron chi connectivity index (χ2n) is 9.66. The van der Waals surface area contributed by atoms with Crippen LogP contribution in [0.2, 0.25) is 10.0 Å². The lowest BCUT2D eigenvalue weighted by molar-refractivity contribution is -0.136. The van der Waals surface area contributed by atoms with Gasteiger partial charge in [0, 0.05) is 11.8 Å². The summed E-state index contributed by atoms with van der Waals surface area (Å²) < 4.78 is 30.3. The highest BCUT2D eigenvalue weighted by molar-refractivity contribution is 7.07. The summed E-state index contributed by atoms with van der Waals surface area (Å²) in [5.41, 5.74) is 1.91. The van der Waals surface area contributed by atoms with Crippen LogP contribution in [-0.4, -0.2) is 38.0 Å². The van der Waals surface area contributed by atoms with Crippen LogP contribution in [0.1, 0.15) is 36.6 Å². The molecule has 0 spiro atoms. The lowest BCUT2D eigenvalue weighted by Gasteiger charge is -2.23. The molecule has 1 atom stereocenters. The van der Waals surface area contributed by atoms with Crippen molar-refractivity contribution in [3.63, 3.8) is 0 Å². The van der Waals surface area contributed by atoms with Crippen LogP contribution in [0, 0.1) is 0 Å². The number of halogens is 2. The number of benzene rings is 3. The first-order chi connectivity index (χ1) is 21.8. The van der Waals surface area contributed by atoms with Gasteiger partial charge in [-0.3, -0.25) is 9.36 Å². The first-order valence-electron chi connectivity index (χ1n) is 14.0. The van der Waals surface area contributed by atoms with E-state index < -0.39 is 12.0 Å². The Kier molecular flexibility index (Phi) is 10.2. The van der Waals surface area contributed by atoms with Crippen molar-refractivity contribution in [1.82, 2.24) is 4.57 Å². The predicted octanol–water partition coefficient (Wildman–Crippen LogP) is 5.71. The Morgan fingerprint density at radius 1 is 0.956 bits per heavy atom. The number of methoxy groups -OCH3 is 2. The fraction of sp³-hybridized carbons (Fsp3) is 0.242. The lowest BCUT2D eigenvalue weighted by Crippen LogP contribution is -2.39. The summed E-state index contributed by atoms with van der Waals surface area (Å²) in [6, 6.07) is 15.2. The number of hydrogen-bond donors (Lipinski definition) is 0. The molecule has 1 aliphatic heterocycles. The van der Waals surface area contributed by atoms with E-state index in [0.29, 0.717) is 66.7 Å². The maximum Gasteiger partial charge on any atom is 0.337 e. The second kappa shape index (κ2) is 14.2. The number of nitrogens with zero attached hydrogens (tertiary/aromatic N) is 2. The molecule has 3 aromatic carbocycles. The van der Waals surface area contributed by atoms with E-state index in [1.54, 1.807) is 55.7 Å². The number of fused-ring (bicyclic) bond motifs is 1. The monoisotopic (exact) mass is 668 g/mol. The molecule has 234 valence electrons. The molecule has 4 aromatic rings. The highest BCUT2D eigenvalue weighted by Gasteiger charge is 2.31. The van der Waals surface area contributed by atoms with Crippen LogP contribution in [-0.2, 0) is 16.1 Å². The number of carbonyl (C=O) groups is 1. The van der Waals surface area contributed by atoms with Gasteiger partial charge in [0.2, 0.25) is 0 Å². The van der Waals surface area contributed by atoms with Crippen molar-refractivity contribution in [2.45, 2.75) is 26.5 Å². The Morgan fingerprint density at radius 2 is 1.73 bits per heavy atom. The minimum Gasteiger partial charge on any atom is -0.493 e. The molecule has 1 aliphatic rings. The first kappa shape index (κ1) is 32.2. The van der Waals surface area contributed by atoms with Crippen molar-refractivity contribution in [3.8, 4) is 23.0 Å². The van der Waals surface area contributed by atoms with E-state index in [0.717, 1.165) is 5.56 Å². The third kappa shape index (κ3) is 6.73. The number of rotatable bonds is 11. The van der Waals surface area contributed by atoms with Crippen molar-refractivity contribution >= 4 is 46.6 Å². The van der Waals surface area contributed by atoms with Crippen LogP contribution in [0.5, 0.6) is 23.0 Å². The number of esters is 1. The third-order valence-corrected chi connectivity index (χ3v) is 8.63. The van der Waals surface area contributed by atoms with Gasteiger partial charge in [-0.2, -0.15) is 0 Å². The zero-order valence-electron chi connectivity index (χ0n) is 25.0. The number of carbonyl (C=O) groups excluding carboxylic acids is 1. The van der Waals surface area contributed by atoms with Crippen molar-refractivity contribution < 1.29 is 28.5 Å². The minimum absolute atomic E-state index is 0.182. The third-order valence-electron chi connectivity index (χ3n) is 6.89. The molecule has 1 aromatic heterocycles. The number of para-hydroxylation sites is 1. The maximum absolute atomic E-state index is 14.1. The molecule has 0 aliphatic carbocycles. The fourth-order valence-electron chi connectivity index (χ4n) is 4.88. The van der Waals surface area contributed by atoms with Crippen LogP contribution >= 0.6 is 34.5 Å². The molecule has 0 N–H and O–H groups in total. The average Bonchev–Trinajstić information content (AvgIpc) is 3.36. The molecule has 12 heteroatoms. The molecule has 0 saturated carbocycles. The summed E-state index contributed by atoms with van der Waals surface area (Å²) in [7, 11) is 2.83. The molecule has 0 radical (unpaired) electrons. The van der Waals surface area contributed by atoms with Crippen LogP contribution in [0.25, 0.3) is 6.08 Å². The van der Waals surface area contributed by atoms with Gasteiger partial charge in [-0.25, -0.2) is 9.79 Å². The molecule has 5 rings (SSSR count). The van der Waals surface area contributed by atoms with Gasteiger partial charge in [0.15, 0.2) is 27.8 Å². The Morgan fingerprint density at radius 3 is 2.44 bits per heavy atom.